The van der Waals surface area contributed by atoms with Gasteiger partial charge in [0.05, 0.1) is 23.7 Å². The first-order chi connectivity index (χ1) is 17.3. The normalized spacial score (nSPS) is 45.7. The number of likely N-dealkylation sites (tertiary alicyclic amines) is 2. The number of carbonyl (C=O) groups excluding carboxylic acids is 4. The van der Waals surface area contributed by atoms with E-state index in [4.69, 9.17) is 0 Å². The molecule has 0 aromatic carbocycles. The second-order valence-electron chi connectivity index (χ2n) is 13.4. The molecule has 0 aromatic rings. The Morgan fingerprint density at radius 1 is 0.500 bits per heavy atom. The van der Waals surface area contributed by atoms with E-state index in [0.717, 1.165) is 55.3 Å². The maximum Gasteiger partial charge on any atom is 0.233 e. The minimum atomic E-state index is -0.414. The number of nitrogens with zero attached hydrogens (tertiary/aromatic N) is 2. The Labute approximate surface area is 215 Å². The van der Waals surface area contributed by atoms with Crippen molar-refractivity contribution in [2.75, 3.05) is 7.05 Å². The van der Waals surface area contributed by atoms with Crippen molar-refractivity contribution in [3.63, 3.8) is 0 Å². The molecule has 6 nitrogen and oxygen atoms in total. The molecule has 36 heavy (non-hydrogen) atoms. The van der Waals surface area contributed by atoms with E-state index in [9.17, 15) is 19.2 Å². The molecule has 4 amide bonds. The van der Waals surface area contributed by atoms with Gasteiger partial charge in [-0.3, -0.25) is 29.0 Å². The summed E-state index contributed by atoms with van der Waals surface area (Å²) in [5.41, 5.74) is 0. The topological polar surface area (TPSA) is 74.8 Å². The zero-order valence-electron chi connectivity index (χ0n) is 22.2. The molecule has 6 heteroatoms. The van der Waals surface area contributed by atoms with Gasteiger partial charge in [0.25, 0.3) is 0 Å². The van der Waals surface area contributed by atoms with Crippen LogP contribution in [0, 0.1) is 53.3 Å². The van der Waals surface area contributed by atoms with E-state index in [-0.39, 0.29) is 29.7 Å². The van der Waals surface area contributed by atoms with E-state index in [2.05, 4.69) is 6.92 Å². The summed E-state index contributed by atoms with van der Waals surface area (Å²) in [6.45, 7) is 2.41. The molecular weight excluding hydrogens is 452 g/mol. The second-order valence-corrected chi connectivity index (χ2v) is 13.4. The summed E-state index contributed by atoms with van der Waals surface area (Å²) in [6, 6.07) is 0.0151. The molecule has 0 N–H and O–H groups in total. The summed E-state index contributed by atoms with van der Waals surface area (Å²) in [6.07, 6.45) is 16.1. The first-order valence-corrected chi connectivity index (χ1v) is 15.0. The van der Waals surface area contributed by atoms with Gasteiger partial charge < -0.3 is 0 Å². The van der Waals surface area contributed by atoms with E-state index < -0.39 is 23.7 Å². The van der Waals surface area contributed by atoms with Crippen LogP contribution in [0.5, 0.6) is 0 Å². The minimum Gasteiger partial charge on any atom is -0.285 e. The molecule has 0 aromatic heterocycles. The van der Waals surface area contributed by atoms with Crippen LogP contribution in [0.3, 0.4) is 0 Å². The molecule has 4 saturated carbocycles. The fourth-order valence-electron chi connectivity index (χ4n) is 9.40. The van der Waals surface area contributed by atoms with Crippen molar-refractivity contribution in [2.45, 2.75) is 103 Å². The maximum absolute atomic E-state index is 13.4. The molecule has 2 saturated heterocycles. The van der Waals surface area contributed by atoms with Crippen LogP contribution in [0.25, 0.3) is 0 Å². The van der Waals surface area contributed by atoms with Crippen LogP contribution < -0.4 is 0 Å². The smallest absolute Gasteiger partial charge is 0.233 e. The van der Waals surface area contributed by atoms with Gasteiger partial charge in [-0.25, -0.2) is 0 Å². The molecule has 6 fully saturated rings. The van der Waals surface area contributed by atoms with E-state index in [0.29, 0.717) is 12.8 Å². The highest BCUT2D eigenvalue weighted by molar-refractivity contribution is 6.09. The number of rotatable bonds is 3. The Balaban J connectivity index is 1.02. The van der Waals surface area contributed by atoms with Gasteiger partial charge in [0, 0.05) is 13.1 Å². The molecular formula is C30H44N2O4. The monoisotopic (exact) mass is 496 g/mol. The SMILES string of the molecule is CC1CCC(C2CCC(C3CCC(N4C(=O)C5CC6C(=O)N(C)C(=O)C6CC5C4=O)CC3)CC2)CC1. The van der Waals surface area contributed by atoms with Gasteiger partial charge in [0.1, 0.15) is 0 Å². The van der Waals surface area contributed by atoms with E-state index in [1.807, 2.05) is 0 Å². The molecule has 198 valence electrons. The average molecular weight is 497 g/mol. The Morgan fingerprint density at radius 2 is 0.833 bits per heavy atom. The number of carbonyl (C=O) groups is 4. The van der Waals surface area contributed by atoms with Crippen LogP contribution in [0.2, 0.25) is 0 Å². The van der Waals surface area contributed by atoms with E-state index in [1.54, 1.807) is 4.90 Å². The lowest BCUT2D eigenvalue weighted by atomic mass is 9.65. The molecule has 0 spiro atoms. The lowest BCUT2D eigenvalue weighted by molar-refractivity contribution is -0.143. The molecule has 2 aliphatic heterocycles. The lowest BCUT2D eigenvalue weighted by Crippen LogP contribution is -2.43. The zero-order valence-corrected chi connectivity index (χ0v) is 22.2. The van der Waals surface area contributed by atoms with Crippen molar-refractivity contribution < 1.29 is 19.2 Å². The first kappa shape index (κ1) is 24.6. The van der Waals surface area contributed by atoms with Crippen LogP contribution in [-0.2, 0) is 19.2 Å². The second kappa shape index (κ2) is 9.54. The maximum atomic E-state index is 13.4. The Morgan fingerprint density at radius 3 is 1.25 bits per heavy atom. The van der Waals surface area contributed by atoms with Gasteiger partial charge in [-0.05, 0) is 107 Å². The minimum absolute atomic E-state index is 0.0151. The summed E-state index contributed by atoms with van der Waals surface area (Å²) in [5, 5.41) is 0. The highest BCUT2D eigenvalue weighted by Gasteiger charge is 2.59. The predicted octanol–water partition coefficient (Wildman–Crippen LogP) is 4.80. The number of imide groups is 2. The first-order valence-electron chi connectivity index (χ1n) is 15.0. The van der Waals surface area contributed by atoms with Gasteiger partial charge in [-0.1, -0.05) is 19.8 Å². The van der Waals surface area contributed by atoms with Crippen molar-refractivity contribution in [1.29, 1.82) is 0 Å². The summed E-state index contributed by atoms with van der Waals surface area (Å²) in [4.78, 5) is 54.6. The molecule has 2 heterocycles. The quantitative estimate of drug-likeness (QED) is 0.526. The third kappa shape index (κ3) is 4.05. The van der Waals surface area contributed by atoms with Crippen LogP contribution in [-0.4, -0.2) is 46.5 Å². The summed E-state index contributed by atoms with van der Waals surface area (Å²) >= 11 is 0. The lowest BCUT2D eigenvalue weighted by Gasteiger charge is -2.42. The Kier molecular flexibility index (Phi) is 6.52. The Hall–Kier alpha value is -1.72. The highest BCUT2D eigenvalue weighted by Crippen LogP contribution is 2.50. The van der Waals surface area contributed by atoms with Gasteiger partial charge in [-0.15, -0.1) is 0 Å². The summed E-state index contributed by atoms with van der Waals surface area (Å²) in [7, 11) is 1.52. The number of amides is 4. The molecule has 4 unspecified atom stereocenters. The van der Waals surface area contributed by atoms with Crippen molar-refractivity contribution in [2.24, 2.45) is 53.3 Å². The number of hydrogen-bond donors (Lipinski definition) is 0. The third-order valence-corrected chi connectivity index (χ3v) is 11.7. The molecule has 6 aliphatic rings. The van der Waals surface area contributed by atoms with Crippen molar-refractivity contribution in [1.82, 2.24) is 9.80 Å². The molecule has 4 aliphatic carbocycles. The zero-order chi connectivity index (χ0) is 25.1. The molecule has 0 bridgehead atoms. The highest BCUT2D eigenvalue weighted by atomic mass is 16.2. The van der Waals surface area contributed by atoms with Crippen molar-refractivity contribution in [3.05, 3.63) is 0 Å². The van der Waals surface area contributed by atoms with Crippen LogP contribution in [0.4, 0.5) is 0 Å². The standard InChI is InChI=1S/C30H44N2O4/c1-17-3-5-18(6-4-17)19-7-9-20(10-8-19)21-11-13-22(14-12-21)32-29(35)25-15-23-24(16-26(25)30(32)36)28(34)31(2)27(23)33/h17-26H,3-16H2,1-2H3. The van der Waals surface area contributed by atoms with Crippen LogP contribution >= 0.6 is 0 Å². The van der Waals surface area contributed by atoms with E-state index >= 15 is 0 Å². The molecule has 4 atom stereocenters. The summed E-state index contributed by atoms with van der Waals surface area (Å²) < 4.78 is 0. The fourth-order valence-corrected chi connectivity index (χ4v) is 9.40. The number of fused-ring (bicyclic) bond motifs is 2. The van der Waals surface area contributed by atoms with Crippen molar-refractivity contribution >= 4 is 23.6 Å². The van der Waals surface area contributed by atoms with Gasteiger partial charge in [0.15, 0.2) is 0 Å². The van der Waals surface area contributed by atoms with Crippen LogP contribution in [0.15, 0.2) is 0 Å². The Bertz CT molecular complexity index is 866. The van der Waals surface area contributed by atoms with Gasteiger partial charge >= 0.3 is 0 Å². The van der Waals surface area contributed by atoms with Crippen LogP contribution in [0.1, 0.15) is 96.8 Å². The summed E-state index contributed by atoms with van der Waals surface area (Å²) in [5.74, 6) is 2.31. The third-order valence-electron chi connectivity index (χ3n) is 11.7. The average Bonchev–Trinajstić information content (AvgIpc) is 3.27. The molecule has 0 radical (unpaired) electrons. The molecule has 6 rings (SSSR count). The van der Waals surface area contributed by atoms with Gasteiger partial charge in [0.2, 0.25) is 23.6 Å². The van der Waals surface area contributed by atoms with Crippen molar-refractivity contribution in [3.8, 4) is 0 Å². The number of hydrogen-bond acceptors (Lipinski definition) is 4. The van der Waals surface area contributed by atoms with E-state index in [1.165, 1.54) is 63.3 Å². The predicted molar refractivity (Wildman–Crippen MR) is 135 cm³/mol. The largest absolute Gasteiger partial charge is 0.285 e. The van der Waals surface area contributed by atoms with Gasteiger partial charge in [-0.2, -0.15) is 0 Å². The fraction of sp³-hybridized carbons (Fsp3) is 0.867.